The van der Waals surface area contributed by atoms with Gasteiger partial charge >= 0.3 is 12.1 Å². The number of hydrogen-bond acceptors (Lipinski definition) is 5. The first-order valence-electron chi connectivity index (χ1n) is 9.32. The van der Waals surface area contributed by atoms with Gasteiger partial charge in [-0.25, -0.2) is 4.79 Å². The minimum Gasteiger partial charge on any atom is -0.448 e. The fourth-order valence-electron chi connectivity index (χ4n) is 2.93. The first-order valence-corrected chi connectivity index (χ1v) is 10.5. The van der Waals surface area contributed by atoms with Gasteiger partial charge in [0.2, 0.25) is 11.2 Å². The van der Waals surface area contributed by atoms with Gasteiger partial charge in [0, 0.05) is 6.07 Å². The summed E-state index contributed by atoms with van der Waals surface area (Å²) in [6.07, 6.45) is -5.07. The van der Waals surface area contributed by atoms with E-state index in [1.54, 1.807) is 6.07 Å². The summed E-state index contributed by atoms with van der Waals surface area (Å²) >= 11 is 17.6. The molecule has 0 saturated heterocycles. The Morgan fingerprint density at radius 3 is 2.29 bits per heavy atom. The van der Waals surface area contributed by atoms with Crippen molar-refractivity contribution in [2.45, 2.75) is 6.18 Å². The Hall–Kier alpha value is -3.20. The van der Waals surface area contributed by atoms with Gasteiger partial charge in [-0.15, -0.1) is 0 Å². The highest BCUT2D eigenvalue weighted by Crippen LogP contribution is 2.40. The van der Waals surface area contributed by atoms with Crippen LogP contribution in [0.1, 0.15) is 16.1 Å². The molecule has 34 heavy (non-hydrogen) atoms. The molecule has 0 aliphatic carbocycles. The standard InChI is InChI=1S/C23H10Cl3F3O5/c24-14-8-5-11(9-16(14)26)22(31)32-12-6-7-13-18(10-12)34-21(23(27,28)29)20(19(13)30)33-17-4-2-1-3-15(17)25/h1-10H. The molecule has 0 aliphatic rings. The summed E-state index contributed by atoms with van der Waals surface area (Å²) in [6, 6.07) is 13.1. The summed E-state index contributed by atoms with van der Waals surface area (Å²) < 4.78 is 56.5. The Kier molecular flexibility index (Phi) is 6.49. The van der Waals surface area contributed by atoms with Crippen molar-refractivity contribution in [3.8, 4) is 17.2 Å². The van der Waals surface area contributed by atoms with Gasteiger partial charge in [0.25, 0.3) is 5.76 Å². The number of carbonyl (C=O) groups excluding carboxylic acids is 1. The average molecular weight is 530 g/mol. The largest absolute Gasteiger partial charge is 0.453 e. The van der Waals surface area contributed by atoms with Crippen molar-refractivity contribution in [3.05, 3.63) is 97.3 Å². The van der Waals surface area contributed by atoms with Crippen molar-refractivity contribution < 1.29 is 31.9 Å². The van der Waals surface area contributed by atoms with E-state index in [9.17, 15) is 22.8 Å². The monoisotopic (exact) mass is 528 g/mol. The number of carbonyl (C=O) groups is 1. The number of benzene rings is 3. The van der Waals surface area contributed by atoms with Crippen LogP contribution >= 0.6 is 34.8 Å². The lowest BCUT2D eigenvalue weighted by Crippen LogP contribution is -2.15. The maximum atomic E-state index is 13.7. The lowest BCUT2D eigenvalue weighted by Gasteiger charge is -2.14. The summed E-state index contributed by atoms with van der Waals surface area (Å²) in [7, 11) is 0. The molecule has 4 aromatic rings. The van der Waals surface area contributed by atoms with Crippen LogP contribution in [0.4, 0.5) is 13.2 Å². The van der Waals surface area contributed by atoms with Crippen LogP contribution in [0, 0.1) is 0 Å². The van der Waals surface area contributed by atoms with Gasteiger partial charge in [0.05, 0.1) is 26.0 Å². The van der Waals surface area contributed by atoms with Crippen LogP contribution in [-0.2, 0) is 6.18 Å². The molecule has 0 saturated carbocycles. The van der Waals surface area contributed by atoms with Gasteiger partial charge in [-0.3, -0.25) is 4.79 Å². The third-order valence-electron chi connectivity index (χ3n) is 4.49. The van der Waals surface area contributed by atoms with Crippen molar-refractivity contribution in [1.82, 2.24) is 0 Å². The molecule has 11 heteroatoms. The topological polar surface area (TPSA) is 65.7 Å². The third-order valence-corrected chi connectivity index (χ3v) is 5.55. The van der Waals surface area contributed by atoms with E-state index in [1.165, 1.54) is 42.5 Å². The Morgan fingerprint density at radius 2 is 1.62 bits per heavy atom. The van der Waals surface area contributed by atoms with Crippen molar-refractivity contribution in [2.24, 2.45) is 0 Å². The lowest BCUT2D eigenvalue weighted by molar-refractivity contribution is -0.154. The number of alkyl halides is 3. The molecule has 5 nitrogen and oxygen atoms in total. The van der Waals surface area contributed by atoms with E-state index < -0.39 is 34.7 Å². The number of esters is 1. The summed E-state index contributed by atoms with van der Waals surface area (Å²) in [5.41, 5.74) is -1.51. The number of fused-ring (bicyclic) bond motifs is 1. The summed E-state index contributed by atoms with van der Waals surface area (Å²) in [4.78, 5) is 25.2. The molecule has 0 radical (unpaired) electrons. The summed E-state index contributed by atoms with van der Waals surface area (Å²) in [5, 5.41) is 0.103. The average Bonchev–Trinajstić information content (AvgIpc) is 2.78. The molecule has 0 bridgehead atoms. The predicted molar refractivity (Wildman–Crippen MR) is 120 cm³/mol. The number of ether oxygens (including phenoxy) is 2. The Labute approximate surface area is 204 Å². The fourth-order valence-corrected chi connectivity index (χ4v) is 3.40. The van der Waals surface area contributed by atoms with Crippen molar-refractivity contribution in [1.29, 1.82) is 0 Å². The number of hydrogen-bond donors (Lipinski definition) is 0. The Balaban J connectivity index is 1.76. The molecule has 0 unspecified atom stereocenters. The highest BCUT2D eigenvalue weighted by Gasteiger charge is 2.40. The van der Waals surface area contributed by atoms with E-state index in [-0.39, 0.29) is 37.5 Å². The van der Waals surface area contributed by atoms with Gasteiger partial charge < -0.3 is 13.9 Å². The normalized spacial score (nSPS) is 11.5. The molecule has 0 aliphatic heterocycles. The van der Waals surface area contributed by atoms with Gasteiger partial charge in [0.15, 0.2) is 0 Å². The van der Waals surface area contributed by atoms with E-state index in [0.717, 1.165) is 12.1 Å². The maximum Gasteiger partial charge on any atom is 0.453 e. The quantitative estimate of drug-likeness (QED) is 0.199. The van der Waals surface area contributed by atoms with Crippen LogP contribution < -0.4 is 14.9 Å². The summed E-state index contributed by atoms with van der Waals surface area (Å²) in [5.74, 6) is -3.92. The van der Waals surface area contributed by atoms with Gasteiger partial charge in [-0.05, 0) is 42.5 Å². The number of halogens is 6. The highest BCUT2D eigenvalue weighted by atomic mass is 35.5. The van der Waals surface area contributed by atoms with Crippen LogP contribution in [0.3, 0.4) is 0 Å². The minimum absolute atomic E-state index is 0.000292. The smallest absolute Gasteiger partial charge is 0.448 e. The SMILES string of the molecule is O=C(Oc1ccc2c(=O)c(Oc3ccccc3Cl)c(C(F)(F)F)oc2c1)c1ccc(Cl)c(Cl)c1. The van der Waals surface area contributed by atoms with Crippen LogP contribution in [0.25, 0.3) is 11.0 Å². The van der Waals surface area contributed by atoms with E-state index in [2.05, 4.69) is 0 Å². The molecule has 174 valence electrons. The van der Waals surface area contributed by atoms with Gasteiger partial charge in [-0.2, -0.15) is 13.2 Å². The third kappa shape index (κ3) is 4.84. The van der Waals surface area contributed by atoms with Crippen LogP contribution in [0.15, 0.2) is 69.9 Å². The van der Waals surface area contributed by atoms with Crippen molar-refractivity contribution in [2.75, 3.05) is 0 Å². The van der Waals surface area contributed by atoms with Crippen molar-refractivity contribution in [3.63, 3.8) is 0 Å². The second kappa shape index (κ2) is 9.21. The van der Waals surface area contributed by atoms with E-state index >= 15 is 0 Å². The lowest BCUT2D eigenvalue weighted by atomic mass is 10.2. The van der Waals surface area contributed by atoms with Crippen LogP contribution in [0.5, 0.6) is 17.2 Å². The second-order valence-corrected chi connectivity index (χ2v) is 8.02. The number of rotatable bonds is 4. The van der Waals surface area contributed by atoms with E-state index in [4.69, 9.17) is 48.7 Å². The zero-order chi connectivity index (χ0) is 24.6. The molecule has 3 aromatic carbocycles. The molecular weight excluding hydrogens is 520 g/mol. The molecule has 4 rings (SSSR count). The molecular formula is C23H10Cl3F3O5. The van der Waals surface area contributed by atoms with Gasteiger partial charge in [-0.1, -0.05) is 46.9 Å². The molecule has 0 atom stereocenters. The Bertz CT molecular complexity index is 1480. The predicted octanol–water partition coefficient (Wildman–Crippen LogP) is 7.78. The summed E-state index contributed by atoms with van der Waals surface area (Å²) in [6.45, 7) is 0. The van der Waals surface area contributed by atoms with Crippen molar-refractivity contribution >= 4 is 51.7 Å². The van der Waals surface area contributed by atoms with Crippen LogP contribution in [-0.4, -0.2) is 5.97 Å². The molecule has 0 N–H and O–H groups in total. The molecule has 0 amide bonds. The Morgan fingerprint density at radius 1 is 0.882 bits per heavy atom. The second-order valence-electron chi connectivity index (χ2n) is 6.80. The molecule has 1 heterocycles. The van der Waals surface area contributed by atoms with E-state index in [0.29, 0.717) is 0 Å². The minimum atomic E-state index is -5.07. The van der Waals surface area contributed by atoms with Crippen LogP contribution in [0.2, 0.25) is 15.1 Å². The number of para-hydroxylation sites is 1. The zero-order valence-electron chi connectivity index (χ0n) is 16.6. The molecule has 0 fully saturated rings. The fraction of sp³-hybridized carbons (Fsp3) is 0.0435. The van der Waals surface area contributed by atoms with E-state index in [1.807, 2.05) is 0 Å². The molecule has 0 spiro atoms. The first kappa shape index (κ1) is 23.9. The molecule has 1 aromatic heterocycles. The zero-order valence-corrected chi connectivity index (χ0v) is 18.9. The highest BCUT2D eigenvalue weighted by molar-refractivity contribution is 6.42. The maximum absolute atomic E-state index is 13.7. The first-order chi connectivity index (χ1) is 16.0. The van der Waals surface area contributed by atoms with Gasteiger partial charge in [0.1, 0.15) is 17.1 Å².